The van der Waals surface area contributed by atoms with E-state index in [0.717, 1.165) is 16.8 Å². The average molecular weight is 396 g/mol. The number of hydrogen-bond donors (Lipinski definition) is 2. The Morgan fingerprint density at radius 2 is 1.59 bits per heavy atom. The maximum Gasteiger partial charge on any atom is 0.418 e. The summed E-state index contributed by atoms with van der Waals surface area (Å²) in [6.45, 7) is 0. The molecule has 0 bridgehead atoms. The van der Waals surface area contributed by atoms with Gasteiger partial charge in [-0.05, 0) is 23.6 Å². The number of ether oxygens (including phenoxy) is 1. The van der Waals surface area contributed by atoms with Crippen molar-refractivity contribution in [1.29, 1.82) is 0 Å². The molecule has 0 unspecified atom stereocenters. The monoisotopic (exact) mass is 396 g/mol. The second-order valence-corrected chi connectivity index (χ2v) is 6.19. The number of aromatic nitrogens is 2. The van der Waals surface area contributed by atoms with Crippen LogP contribution in [0.5, 0.6) is 11.6 Å². The molecule has 0 saturated heterocycles. The quantitative estimate of drug-likeness (QED) is 0.458. The molecule has 0 aliphatic carbocycles. The van der Waals surface area contributed by atoms with E-state index in [1.165, 1.54) is 24.5 Å². The highest BCUT2D eigenvalue weighted by molar-refractivity contribution is 5.88. The van der Waals surface area contributed by atoms with Crippen molar-refractivity contribution in [2.75, 3.05) is 11.1 Å². The zero-order chi connectivity index (χ0) is 20.4. The van der Waals surface area contributed by atoms with Crippen molar-refractivity contribution < 1.29 is 17.9 Å². The number of para-hydroxylation sites is 1. The fourth-order valence-electron chi connectivity index (χ4n) is 2.92. The smallest absolute Gasteiger partial charge is 0.418 e. The second kappa shape index (κ2) is 7.31. The molecule has 0 atom stereocenters. The molecule has 3 N–H and O–H groups in total. The Hall–Kier alpha value is -3.81. The second-order valence-electron chi connectivity index (χ2n) is 6.19. The van der Waals surface area contributed by atoms with Gasteiger partial charge in [-0.1, -0.05) is 48.5 Å². The molecule has 0 aliphatic heterocycles. The van der Waals surface area contributed by atoms with E-state index in [1.807, 2.05) is 36.4 Å². The van der Waals surface area contributed by atoms with Gasteiger partial charge in [0.25, 0.3) is 0 Å². The first-order valence-electron chi connectivity index (χ1n) is 8.63. The number of anilines is 3. The SMILES string of the molecule is Nc1c(Nc2ccccc2C(F)(F)F)ncnc1Oc1cccc2ccccc12. The normalized spacial score (nSPS) is 11.4. The Morgan fingerprint density at radius 3 is 2.41 bits per heavy atom. The molecule has 1 aromatic heterocycles. The summed E-state index contributed by atoms with van der Waals surface area (Å²) in [4.78, 5) is 8.00. The lowest BCUT2D eigenvalue weighted by molar-refractivity contribution is -0.136. The molecule has 0 radical (unpaired) electrons. The van der Waals surface area contributed by atoms with Crippen LogP contribution in [0.2, 0.25) is 0 Å². The maximum atomic E-state index is 13.2. The summed E-state index contributed by atoms with van der Waals surface area (Å²) in [6.07, 6.45) is -3.34. The first-order valence-corrected chi connectivity index (χ1v) is 8.63. The third-order valence-electron chi connectivity index (χ3n) is 4.29. The fraction of sp³-hybridized carbons (Fsp3) is 0.0476. The van der Waals surface area contributed by atoms with Crippen LogP contribution in [0.25, 0.3) is 10.8 Å². The molecule has 4 aromatic rings. The molecule has 8 heteroatoms. The number of alkyl halides is 3. The van der Waals surface area contributed by atoms with Crippen LogP contribution in [0.1, 0.15) is 5.56 Å². The Kier molecular flexibility index (Phi) is 4.67. The molecule has 29 heavy (non-hydrogen) atoms. The molecular formula is C21H15F3N4O. The molecule has 0 amide bonds. The highest BCUT2D eigenvalue weighted by atomic mass is 19.4. The largest absolute Gasteiger partial charge is 0.436 e. The molecule has 0 saturated carbocycles. The van der Waals surface area contributed by atoms with Crippen molar-refractivity contribution in [3.05, 3.63) is 78.6 Å². The maximum absolute atomic E-state index is 13.2. The van der Waals surface area contributed by atoms with E-state index in [4.69, 9.17) is 10.5 Å². The minimum Gasteiger partial charge on any atom is -0.436 e. The van der Waals surface area contributed by atoms with E-state index in [2.05, 4.69) is 15.3 Å². The van der Waals surface area contributed by atoms with Gasteiger partial charge in [0, 0.05) is 5.39 Å². The first-order chi connectivity index (χ1) is 13.9. The number of fused-ring (bicyclic) bond motifs is 1. The highest BCUT2D eigenvalue weighted by Crippen LogP contribution is 2.38. The highest BCUT2D eigenvalue weighted by Gasteiger charge is 2.33. The zero-order valence-corrected chi connectivity index (χ0v) is 14.9. The summed E-state index contributed by atoms with van der Waals surface area (Å²) in [5, 5.41) is 4.45. The van der Waals surface area contributed by atoms with Crippen molar-refractivity contribution in [3.8, 4) is 11.6 Å². The number of nitrogens with zero attached hydrogens (tertiary/aromatic N) is 2. The van der Waals surface area contributed by atoms with Crippen LogP contribution < -0.4 is 15.8 Å². The summed E-state index contributed by atoms with van der Waals surface area (Å²) < 4.78 is 45.6. The molecule has 146 valence electrons. The standard InChI is InChI=1S/C21H15F3N4O/c22-21(23,24)15-9-3-4-10-16(15)28-19-18(25)20(27-12-26-19)29-17-11-5-7-13-6-1-2-8-14(13)17/h1-12H,25H2,(H,26,27,28). The molecular weight excluding hydrogens is 381 g/mol. The van der Waals surface area contributed by atoms with Crippen LogP contribution in [0.15, 0.2) is 73.1 Å². The number of nitrogens with two attached hydrogens (primary N) is 1. The number of halogens is 3. The Balaban J connectivity index is 1.69. The zero-order valence-electron chi connectivity index (χ0n) is 14.9. The number of hydrogen-bond acceptors (Lipinski definition) is 5. The van der Waals surface area contributed by atoms with Crippen molar-refractivity contribution >= 4 is 28.0 Å². The van der Waals surface area contributed by atoms with Gasteiger partial charge in [-0.15, -0.1) is 0 Å². The van der Waals surface area contributed by atoms with E-state index in [0.29, 0.717) is 5.75 Å². The molecule has 0 fully saturated rings. The lowest BCUT2D eigenvalue weighted by Crippen LogP contribution is -2.10. The van der Waals surface area contributed by atoms with Crippen molar-refractivity contribution in [2.45, 2.75) is 6.18 Å². The van der Waals surface area contributed by atoms with Crippen LogP contribution in [0.3, 0.4) is 0 Å². The van der Waals surface area contributed by atoms with Crippen LogP contribution in [0, 0.1) is 0 Å². The van der Waals surface area contributed by atoms with Crippen LogP contribution in [-0.4, -0.2) is 9.97 Å². The number of nitrogens with one attached hydrogen (secondary N) is 1. The minimum absolute atomic E-state index is 0.00240. The van der Waals surface area contributed by atoms with E-state index < -0.39 is 11.7 Å². The van der Waals surface area contributed by atoms with E-state index in [1.54, 1.807) is 6.07 Å². The number of nitrogen functional groups attached to an aromatic ring is 1. The Labute approximate surface area is 164 Å². The van der Waals surface area contributed by atoms with Gasteiger partial charge < -0.3 is 15.8 Å². The topological polar surface area (TPSA) is 73.1 Å². The predicted molar refractivity (Wildman–Crippen MR) is 105 cm³/mol. The number of rotatable bonds is 4. The molecule has 1 heterocycles. The van der Waals surface area contributed by atoms with Crippen molar-refractivity contribution in [3.63, 3.8) is 0 Å². The van der Waals surface area contributed by atoms with E-state index in [9.17, 15) is 13.2 Å². The first kappa shape index (κ1) is 18.5. The third kappa shape index (κ3) is 3.77. The van der Waals surface area contributed by atoms with E-state index >= 15 is 0 Å². The summed E-state index contributed by atoms with van der Waals surface area (Å²) in [5.74, 6) is 0.588. The summed E-state index contributed by atoms with van der Waals surface area (Å²) in [6, 6.07) is 18.2. The van der Waals surface area contributed by atoms with Gasteiger partial charge in [0.1, 0.15) is 17.8 Å². The van der Waals surface area contributed by atoms with Gasteiger partial charge >= 0.3 is 6.18 Å². The molecule has 3 aromatic carbocycles. The van der Waals surface area contributed by atoms with E-state index in [-0.39, 0.29) is 23.1 Å². The molecule has 5 nitrogen and oxygen atoms in total. The molecule has 0 spiro atoms. The van der Waals surface area contributed by atoms with Gasteiger partial charge in [-0.2, -0.15) is 18.2 Å². The molecule has 4 rings (SSSR count). The minimum atomic E-state index is -4.52. The van der Waals surface area contributed by atoms with Gasteiger partial charge in [0.15, 0.2) is 5.82 Å². The lowest BCUT2D eigenvalue weighted by Gasteiger charge is -2.16. The summed E-state index contributed by atoms with van der Waals surface area (Å²) >= 11 is 0. The lowest BCUT2D eigenvalue weighted by atomic mass is 10.1. The third-order valence-corrected chi connectivity index (χ3v) is 4.29. The van der Waals surface area contributed by atoms with Gasteiger partial charge in [0.2, 0.25) is 5.88 Å². The summed E-state index contributed by atoms with van der Waals surface area (Å²) in [5.41, 5.74) is 5.10. The van der Waals surface area contributed by atoms with Crippen LogP contribution in [0.4, 0.5) is 30.4 Å². The summed E-state index contributed by atoms with van der Waals surface area (Å²) in [7, 11) is 0. The number of benzene rings is 3. The fourth-order valence-corrected chi connectivity index (χ4v) is 2.92. The van der Waals surface area contributed by atoms with Gasteiger partial charge in [-0.3, -0.25) is 0 Å². The van der Waals surface area contributed by atoms with Crippen molar-refractivity contribution in [2.24, 2.45) is 0 Å². The molecule has 0 aliphatic rings. The Morgan fingerprint density at radius 1 is 0.862 bits per heavy atom. The predicted octanol–water partition coefficient (Wildman–Crippen LogP) is 5.77. The average Bonchev–Trinajstić information content (AvgIpc) is 2.71. The van der Waals surface area contributed by atoms with Crippen LogP contribution in [-0.2, 0) is 6.18 Å². The van der Waals surface area contributed by atoms with Crippen LogP contribution >= 0.6 is 0 Å². The Bertz CT molecular complexity index is 1170. The van der Waals surface area contributed by atoms with Gasteiger partial charge in [0.05, 0.1) is 11.3 Å². The van der Waals surface area contributed by atoms with Crippen molar-refractivity contribution in [1.82, 2.24) is 9.97 Å². The van der Waals surface area contributed by atoms with Gasteiger partial charge in [-0.25, -0.2) is 4.98 Å².